The van der Waals surface area contributed by atoms with E-state index in [9.17, 15) is 4.79 Å². The molecule has 32 heavy (non-hydrogen) atoms. The maximum absolute atomic E-state index is 12.8. The van der Waals surface area contributed by atoms with Crippen molar-refractivity contribution >= 4 is 17.6 Å². The number of amides is 1. The van der Waals surface area contributed by atoms with Crippen molar-refractivity contribution < 1.29 is 9.53 Å². The van der Waals surface area contributed by atoms with Gasteiger partial charge in [-0.15, -0.1) is 0 Å². The highest BCUT2D eigenvalue weighted by atomic mass is 16.5. The lowest BCUT2D eigenvalue weighted by atomic mass is 9.78. The van der Waals surface area contributed by atoms with Gasteiger partial charge in [0.2, 0.25) is 5.91 Å². The van der Waals surface area contributed by atoms with Crippen molar-refractivity contribution in [1.82, 2.24) is 15.5 Å². The number of carbonyl (C=O) groups is 1. The van der Waals surface area contributed by atoms with Gasteiger partial charge in [-0.3, -0.25) is 4.79 Å². The van der Waals surface area contributed by atoms with E-state index >= 15 is 0 Å². The van der Waals surface area contributed by atoms with Crippen LogP contribution < -0.4 is 15.5 Å². The minimum absolute atomic E-state index is 0.0866. The van der Waals surface area contributed by atoms with E-state index in [0.717, 1.165) is 58.7 Å². The average molecular weight is 444 g/mol. The van der Waals surface area contributed by atoms with Crippen LogP contribution in [0.1, 0.15) is 40.5 Å². The number of hydrogen-bond donors (Lipinski definition) is 2. The predicted octanol–water partition coefficient (Wildman–Crippen LogP) is 2.73. The van der Waals surface area contributed by atoms with Crippen LogP contribution in [0, 0.1) is 11.3 Å². The van der Waals surface area contributed by atoms with Crippen molar-refractivity contribution in [2.75, 3.05) is 57.3 Å². The van der Waals surface area contributed by atoms with Gasteiger partial charge in [-0.2, -0.15) is 0 Å². The molecule has 2 aliphatic heterocycles. The van der Waals surface area contributed by atoms with Gasteiger partial charge in [0.15, 0.2) is 5.96 Å². The zero-order valence-electron chi connectivity index (χ0n) is 20.3. The highest BCUT2D eigenvalue weighted by molar-refractivity contribution is 5.85. The number of rotatable bonds is 6. The topological polar surface area (TPSA) is 69.2 Å². The van der Waals surface area contributed by atoms with Crippen LogP contribution >= 0.6 is 0 Å². The Morgan fingerprint density at radius 2 is 1.84 bits per heavy atom. The van der Waals surface area contributed by atoms with E-state index in [2.05, 4.69) is 65.6 Å². The molecule has 0 radical (unpaired) electrons. The number of hydrogen-bond acceptors (Lipinski definition) is 4. The number of nitrogens with one attached hydrogen (secondary N) is 2. The Balaban J connectivity index is 1.49. The summed E-state index contributed by atoms with van der Waals surface area (Å²) in [5, 5.41) is 6.74. The number of nitrogens with zero attached hydrogens (tertiary/aromatic N) is 3. The lowest BCUT2D eigenvalue weighted by molar-refractivity contribution is -0.129. The third kappa shape index (κ3) is 6.86. The van der Waals surface area contributed by atoms with E-state index in [-0.39, 0.29) is 24.0 Å². The van der Waals surface area contributed by atoms with Gasteiger partial charge >= 0.3 is 0 Å². The molecule has 178 valence electrons. The molecule has 0 spiro atoms. The molecule has 0 saturated carbocycles. The van der Waals surface area contributed by atoms with Crippen LogP contribution in [-0.4, -0.2) is 75.3 Å². The summed E-state index contributed by atoms with van der Waals surface area (Å²) >= 11 is 0. The molecule has 1 amide bonds. The molecular formula is C25H41N5O2. The van der Waals surface area contributed by atoms with Crippen LogP contribution in [0.5, 0.6) is 0 Å². The molecule has 1 aromatic rings. The molecule has 2 unspecified atom stereocenters. The second-order valence-corrected chi connectivity index (χ2v) is 9.84. The van der Waals surface area contributed by atoms with E-state index < -0.39 is 0 Å². The molecule has 7 nitrogen and oxygen atoms in total. The molecule has 2 heterocycles. The number of anilines is 1. The van der Waals surface area contributed by atoms with Gasteiger partial charge in [-0.25, -0.2) is 4.99 Å². The van der Waals surface area contributed by atoms with Gasteiger partial charge in [-0.05, 0) is 37.3 Å². The van der Waals surface area contributed by atoms with Crippen molar-refractivity contribution in [2.45, 2.75) is 46.6 Å². The lowest BCUT2D eigenvalue weighted by Gasteiger charge is -2.40. The van der Waals surface area contributed by atoms with E-state index in [1.54, 1.807) is 0 Å². The van der Waals surface area contributed by atoms with E-state index in [1.165, 1.54) is 5.69 Å². The van der Waals surface area contributed by atoms with Gasteiger partial charge in [0.25, 0.3) is 0 Å². The Morgan fingerprint density at radius 3 is 2.50 bits per heavy atom. The molecule has 0 aromatic heterocycles. The van der Waals surface area contributed by atoms with Crippen molar-refractivity contribution in [1.29, 1.82) is 0 Å². The first-order valence-corrected chi connectivity index (χ1v) is 12.1. The summed E-state index contributed by atoms with van der Waals surface area (Å²) in [7, 11) is 0. The zero-order chi connectivity index (χ0) is 23.0. The Morgan fingerprint density at radius 1 is 1.12 bits per heavy atom. The van der Waals surface area contributed by atoms with E-state index in [1.807, 2.05) is 17.9 Å². The second kappa shape index (κ2) is 11.5. The minimum Gasteiger partial charge on any atom is -0.377 e. The fraction of sp³-hybridized carbons (Fsp3) is 0.680. The summed E-state index contributed by atoms with van der Waals surface area (Å²) in [6, 6.07) is 10.4. The Hall–Kier alpha value is -2.28. The van der Waals surface area contributed by atoms with E-state index in [4.69, 9.17) is 4.74 Å². The highest BCUT2D eigenvalue weighted by Crippen LogP contribution is 2.33. The van der Waals surface area contributed by atoms with Crippen molar-refractivity contribution in [3.8, 4) is 0 Å². The van der Waals surface area contributed by atoms with Crippen molar-refractivity contribution in [3.63, 3.8) is 0 Å². The monoisotopic (exact) mass is 443 g/mol. The van der Waals surface area contributed by atoms with Crippen LogP contribution in [0.2, 0.25) is 0 Å². The molecule has 2 fully saturated rings. The summed E-state index contributed by atoms with van der Waals surface area (Å²) in [5.41, 5.74) is 1.33. The number of ether oxygens (including phenoxy) is 1. The first-order valence-electron chi connectivity index (χ1n) is 12.1. The van der Waals surface area contributed by atoms with E-state index in [0.29, 0.717) is 11.9 Å². The average Bonchev–Trinajstić information content (AvgIpc) is 2.81. The van der Waals surface area contributed by atoms with Gasteiger partial charge in [0, 0.05) is 57.5 Å². The smallest absolute Gasteiger partial charge is 0.244 e. The maximum Gasteiger partial charge on any atom is 0.244 e. The Bertz CT molecular complexity index is 738. The normalized spacial score (nSPS) is 22.6. The molecule has 0 bridgehead atoms. The van der Waals surface area contributed by atoms with Crippen molar-refractivity contribution in [3.05, 3.63) is 30.3 Å². The van der Waals surface area contributed by atoms with Crippen LogP contribution in [0.4, 0.5) is 5.69 Å². The quantitative estimate of drug-likeness (QED) is 0.523. The predicted molar refractivity (Wildman–Crippen MR) is 131 cm³/mol. The SMILES string of the molecule is CCNC(=NCC(=O)N1CCN(c2ccccc2)CC1)NCC1CCCOC1C(C)(C)C. The molecular weight excluding hydrogens is 402 g/mol. The number of carbonyl (C=O) groups excluding carboxylic acids is 1. The van der Waals surface area contributed by atoms with Gasteiger partial charge in [0.1, 0.15) is 6.54 Å². The number of benzene rings is 1. The van der Waals surface area contributed by atoms with Crippen LogP contribution in [0.15, 0.2) is 35.3 Å². The molecule has 2 N–H and O–H groups in total. The maximum atomic E-state index is 12.8. The summed E-state index contributed by atoms with van der Waals surface area (Å²) in [5.74, 6) is 1.24. The highest BCUT2D eigenvalue weighted by Gasteiger charge is 2.35. The molecule has 7 heteroatoms. The van der Waals surface area contributed by atoms with Gasteiger partial charge in [-0.1, -0.05) is 39.0 Å². The standard InChI is InChI=1S/C25H41N5O2/c1-5-26-24(27-18-20-10-9-17-32-23(20)25(2,3)4)28-19-22(31)30-15-13-29(14-16-30)21-11-7-6-8-12-21/h6-8,11-12,20,23H,5,9-10,13-19H2,1-4H3,(H2,26,27,28). The molecule has 2 saturated heterocycles. The third-order valence-corrected chi connectivity index (χ3v) is 6.30. The van der Waals surface area contributed by atoms with Crippen LogP contribution in [-0.2, 0) is 9.53 Å². The molecule has 2 atom stereocenters. The largest absolute Gasteiger partial charge is 0.377 e. The van der Waals surface area contributed by atoms with Crippen molar-refractivity contribution in [2.24, 2.45) is 16.3 Å². The fourth-order valence-electron chi connectivity index (χ4n) is 4.68. The number of piperazine rings is 1. The first-order chi connectivity index (χ1) is 15.4. The lowest BCUT2D eigenvalue weighted by Crippen LogP contribution is -2.50. The third-order valence-electron chi connectivity index (χ3n) is 6.30. The molecule has 3 rings (SSSR count). The zero-order valence-corrected chi connectivity index (χ0v) is 20.3. The summed E-state index contributed by atoms with van der Waals surface area (Å²) in [6.45, 7) is 14.5. The van der Waals surface area contributed by atoms with Gasteiger partial charge in [0.05, 0.1) is 6.10 Å². The van der Waals surface area contributed by atoms with Gasteiger partial charge < -0.3 is 25.2 Å². The number of para-hydroxylation sites is 1. The second-order valence-electron chi connectivity index (χ2n) is 9.84. The molecule has 1 aromatic carbocycles. The van der Waals surface area contributed by atoms with Crippen LogP contribution in [0.3, 0.4) is 0 Å². The summed E-state index contributed by atoms with van der Waals surface area (Å²) in [6.07, 6.45) is 2.48. The molecule has 0 aliphatic carbocycles. The first kappa shape index (κ1) is 24.4. The van der Waals surface area contributed by atoms with Crippen LogP contribution in [0.25, 0.3) is 0 Å². The minimum atomic E-state index is 0.0866. The summed E-state index contributed by atoms with van der Waals surface area (Å²) < 4.78 is 6.10. The number of guanidine groups is 1. The number of aliphatic imine (C=N–C) groups is 1. The fourth-order valence-corrected chi connectivity index (χ4v) is 4.68. The molecule has 2 aliphatic rings. The Labute approximate surface area is 193 Å². The summed E-state index contributed by atoms with van der Waals surface area (Å²) in [4.78, 5) is 21.6. The Kier molecular flexibility index (Phi) is 8.79.